The molecule has 90 valence electrons. The Bertz CT molecular complexity index is 283. The zero-order chi connectivity index (χ0) is 12.0. The van der Waals surface area contributed by atoms with Gasteiger partial charge in [0.05, 0.1) is 12.3 Å². The van der Waals surface area contributed by atoms with Crippen LogP contribution in [0.3, 0.4) is 0 Å². The maximum Gasteiger partial charge on any atom is 0.122 e. The Morgan fingerprint density at radius 1 is 1.31 bits per heavy atom. The summed E-state index contributed by atoms with van der Waals surface area (Å²) in [5, 5.41) is 3.34. The molecule has 0 saturated heterocycles. The third-order valence-corrected chi connectivity index (χ3v) is 2.06. The van der Waals surface area contributed by atoms with E-state index < -0.39 is 0 Å². The van der Waals surface area contributed by atoms with E-state index in [-0.39, 0.29) is 0 Å². The summed E-state index contributed by atoms with van der Waals surface area (Å²) < 4.78 is 5.65. The van der Waals surface area contributed by atoms with Crippen LogP contribution in [0.4, 0.5) is 0 Å². The van der Waals surface area contributed by atoms with E-state index in [2.05, 4.69) is 38.0 Å². The highest BCUT2D eigenvalue weighted by atomic mass is 16.5. The van der Waals surface area contributed by atoms with E-state index >= 15 is 0 Å². The fourth-order valence-corrected chi connectivity index (χ4v) is 1.21. The van der Waals surface area contributed by atoms with E-state index in [9.17, 15) is 0 Å². The molecule has 3 nitrogen and oxygen atoms in total. The molecule has 0 radical (unpaired) electrons. The normalized spacial score (nSPS) is 11.1. The highest BCUT2D eigenvalue weighted by Crippen LogP contribution is 2.12. The Kier molecular flexibility index (Phi) is 5.26. The van der Waals surface area contributed by atoms with Gasteiger partial charge in [0, 0.05) is 24.8 Å². The molecule has 0 amide bonds. The highest BCUT2D eigenvalue weighted by molar-refractivity contribution is 5.22. The van der Waals surface area contributed by atoms with Gasteiger partial charge >= 0.3 is 0 Å². The molecule has 16 heavy (non-hydrogen) atoms. The van der Waals surface area contributed by atoms with Gasteiger partial charge in [0.1, 0.15) is 5.75 Å². The summed E-state index contributed by atoms with van der Waals surface area (Å²) in [4.78, 5) is 4.30. The fraction of sp³-hybridized carbons (Fsp3) is 0.615. The van der Waals surface area contributed by atoms with Crippen LogP contribution in [0.25, 0.3) is 0 Å². The first-order chi connectivity index (χ1) is 7.58. The molecule has 1 N–H and O–H groups in total. The molecule has 1 aromatic rings. The lowest BCUT2D eigenvalue weighted by molar-refractivity contribution is 0.270. The first-order valence-electron chi connectivity index (χ1n) is 5.89. The second kappa shape index (κ2) is 6.48. The topological polar surface area (TPSA) is 34.1 Å². The number of pyridine rings is 1. The molecule has 0 fully saturated rings. The van der Waals surface area contributed by atoms with Crippen molar-refractivity contribution in [3.05, 3.63) is 24.0 Å². The molecule has 1 heterocycles. The third-order valence-electron chi connectivity index (χ3n) is 2.06. The minimum atomic E-state index is 0.474. The van der Waals surface area contributed by atoms with Crippen molar-refractivity contribution in [3.8, 4) is 5.75 Å². The van der Waals surface area contributed by atoms with Crippen molar-refractivity contribution in [1.82, 2.24) is 10.3 Å². The molecule has 0 aliphatic carbocycles. The summed E-state index contributed by atoms with van der Waals surface area (Å²) in [5.74, 6) is 1.45. The predicted octanol–water partition coefficient (Wildman–Crippen LogP) is 2.61. The molecule has 1 aromatic heterocycles. The van der Waals surface area contributed by atoms with Crippen molar-refractivity contribution in [2.75, 3.05) is 6.61 Å². The zero-order valence-corrected chi connectivity index (χ0v) is 10.7. The Hall–Kier alpha value is -1.09. The largest absolute Gasteiger partial charge is 0.493 e. The number of ether oxygens (including phenoxy) is 1. The van der Waals surface area contributed by atoms with Crippen LogP contribution in [0, 0.1) is 5.92 Å². The van der Waals surface area contributed by atoms with Crippen LogP contribution in [0.5, 0.6) is 5.75 Å². The van der Waals surface area contributed by atoms with E-state index in [0.717, 1.165) is 24.6 Å². The van der Waals surface area contributed by atoms with Crippen LogP contribution in [0.2, 0.25) is 0 Å². The minimum Gasteiger partial charge on any atom is -0.493 e. The standard InChI is InChI=1S/C13H22N2O/c1-10(2)9-16-13-5-6-14-12(7-13)8-15-11(3)4/h5-7,10-11,15H,8-9H2,1-4H3. The van der Waals surface area contributed by atoms with Crippen molar-refractivity contribution in [1.29, 1.82) is 0 Å². The van der Waals surface area contributed by atoms with Crippen molar-refractivity contribution in [2.24, 2.45) is 5.92 Å². The maximum absolute atomic E-state index is 5.65. The average Bonchev–Trinajstić information content (AvgIpc) is 2.24. The van der Waals surface area contributed by atoms with Crippen LogP contribution < -0.4 is 10.1 Å². The molecule has 0 saturated carbocycles. The number of aromatic nitrogens is 1. The lowest BCUT2D eigenvalue weighted by Crippen LogP contribution is -2.22. The monoisotopic (exact) mass is 222 g/mol. The van der Waals surface area contributed by atoms with E-state index in [0.29, 0.717) is 12.0 Å². The molecular weight excluding hydrogens is 200 g/mol. The van der Waals surface area contributed by atoms with E-state index in [1.54, 1.807) is 6.20 Å². The maximum atomic E-state index is 5.65. The van der Waals surface area contributed by atoms with Crippen LogP contribution in [-0.2, 0) is 6.54 Å². The summed E-state index contributed by atoms with van der Waals surface area (Å²) in [6, 6.07) is 4.38. The Morgan fingerprint density at radius 2 is 2.06 bits per heavy atom. The molecule has 1 rings (SSSR count). The van der Waals surface area contributed by atoms with Gasteiger partial charge in [-0.1, -0.05) is 27.7 Å². The van der Waals surface area contributed by atoms with E-state index in [1.807, 2.05) is 12.1 Å². The van der Waals surface area contributed by atoms with Crippen LogP contribution in [0.15, 0.2) is 18.3 Å². The molecule has 0 atom stereocenters. The summed E-state index contributed by atoms with van der Waals surface area (Å²) in [7, 11) is 0. The zero-order valence-electron chi connectivity index (χ0n) is 10.7. The van der Waals surface area contributed by atoms with Gasteiger partial charge < -0.3 is 10.1 Å². The van der Waals surface area contributed by atoms with Crippen LogP contribution in [-0.4, -0.2) is 17.6 Å². The summed E-state index contributed by atoms with van der Waals surface area (Å²) >= 11 is 0. The number of nitrogens with zero attached hydrogens (tertiary/aromatic N) is 1. The predicted molar refractivity (Wildman–Crippen MR) is 66.5 cm³/mol. The number of nitrogens with one attached hydrogen (secondary N) is 1. The molecule has 0 spiro atoms. The summed E-state index contributed by atoms with van der Waals surface area (Å²) in [6.45, 7) is 10.1. The lowest BCUT2D eigenvalue weighted by atomic mass is 10.2. The van der Waals surface area contributed by atoms with E-state index in [4.69, 9.17) is 4.74 Å². The first-order valence-corrected chi connectivity index (χ1v) is 5.89. The number of hydrogen-bond acceptors (Lipinski definition) is 3. The average molecular weight is 222 g/mol. The van der Waals surface area contributed by atoms with Gasteiger partial charge in [-0.3, -0.25) is 4.98 Å². The molecule has 0 aromatic carbocycles. The van der Waals surface area contributed by atoms with Crippen LogP contribution >= 0.6 is 0 Å². The molecule has 0 aliphatic rings. The minimum absolute atomic E-state index is 0.474. The van der Waals surface area contributed by atoms with Gasteiger partial charge in [0.15, 0.2) is 0 Å². The van der Waals surface area contributed by atoms with Gasteiger partial charge in [-0.05, 0) is 12.0 Å². The van der Waals surface area contributed by atoms with Gasteiger partial charge in [0.2, 0.25) is 0 Å². The van der Waals surface area contributed by atoms with E-state index in [1.165, 1.54) is 0 Å². The van der Waals surface area contributed by atoms with Crippen molar-refractivity contribution >= 4 is 0 Å². The summed E-state index contributed by atoms with van der Waals surface area (Å²) in [5.41, 5.74) is 1.02. The third kappa shape index (κ3) is 5.12. The first kappa shape index (κ1) is 13.0. The number of rotatable bonds is 6. The van der Waals surface area contributed by atoms with Gasteiger partial charge in [-0.15, -0.1) is 0 Å². The molecule has 0 bridgehead atoms. The second-order valence-corrected chi connectivity index (χ2v) is 4.72. The van der Waals surface area contributed by atoms with Gasteiger partial charge in [-0.2, -0.15) is 0 Å². The Labute approximate surface area is 98.2 Å². The second-order valence-electron chi connectivity index (χ2n) is 4.72. The Morgan fingerprint density at radius 3 is 2.69 bits per heavy atom. The molecule has 3 heteroatoms. The van der Waals surface area contributed by atoms with Gasteiger partial charge in [-0.25, -0.2) is 0 Å². The van der Waals surface area contributed by atoms with Crippen LogP contribution in [0.1, 0.15) is 33.4 Å². The fourth-order valence-electron chi connectivity index (χ4n) is 1.21. The SMILES string of the molecule is CC(C)COc1ccnc(CNC(C)C)c1. The molecule has 0 unspecified atom stereocenters. The summed E-state index contributed by atoms with van der Waals surface area (Å²) in [6.07, 6.45) is 1.80. The van der Waals surface area contributed by atoms with Crippen molar-refractivity contribution in [2.45, 2.75) is 40.3 Å². The molecule has 0 aliphatic heterocycles. The van der Waals surface area contributed by atoms with Crippen molar-refractivity contribution < 1.29 is 4.74 Å². The van der Waals surface area contributed by atoms with Gasteiger partial charge in [0.25, 0.3) is 0 Å². The number of hydrogen-bond donors (Lipinski definition) is 1. The molecular formula is C13H22N2O. The smallest absolute Gasteiger partial charge is 0.122 e. The lowest BCUT2D eigenvalue weighted by Gasteiger charge is -2.11. The highest BCUT2D eigenvalue weighted by Gasteiger charge is 2.01. The van der Waals surface area contributed by atoms with Crippen molar-refractivity contribution in [3.63, 3.8) is 0 Å². The quantitative estimate of drug-likeness (QED) is 0.803. The Balaban J connectivity index is 2.50.